The minimum Gasteiger partial charge on any atom is -0.611 e. The summed E-state index contributed by atoms with van der Waals surface area (Å²) in [7, 11) is 0. The van der Waals surface area contributed by atoms with Gasteiger partial charge < -0.3 is 25.0 Å². The van der Waals surface area contributed by atoms with Crippen molar-refractivity contribution in [3.8, 4) is 0 Å². The molecule has 1 aliphatic rings. The summed E-state index contributed by atoms with van der Waals surface area (Å²) >= 11 is -1.02. The van der Waals surface area contributed by atoms with Crippen LogP contribution in [-0.4, -0.2) is 51.3 Å². The normalized spacial score (nSPS) is 17.7. The maximum atomic E-state index is 12.6. The highest BCUT2D eigenvalue weighted by molar-refractivity contribution is 7.91. The van der Waals surface area contributed by atoms with Gasteiger partial charge >= 0.3 is 0 Å². The average molecular weight is 412 g/mol. The highest BCUT2D eigenvalue weighted by Gasteiger charge is 2.25. The van der Waals surface area contributed by atoms with Crippen LogP contribution < -0.4 is 10.2 Å². The van der Waals surface area contributed by atoms with E-state index in [0.717, 1.165) is 38.4 Å². The minimum absolute atomic E-state index is 0.246. The lowest BCUT2D eigenvalue weighted by molar-refractivity contribution is 0.105. The fourth-order valence-corrected chi connectivity index (χ4v) is 4.83. The van der Waals surface area contributed by atoms with E-state index in [-0.39, 0.29) is 13.2 Å². The molecule has 2 heterocycles. The molecule has 3 aromatic rings. The number of rotatable bonds is 5. The van der Waals surface area contributed by atoms with E-state index < -0.39 is 17.3 Å². The smallest absolute Gasteiger partial charge is 0.157 e. The lowest BCUT2D eigenvalue weighted by Gasteiger charge is -2.23. The van der Waals surface area contributed by atoms with Crippen LogP contribution in [0.5, 0.6) is 0 Å². The Bertz CT molecular complexity index is 1010. The number of fused-ring (bicyclic) bond motifs is 2. The van der Waals surface area contributed by atoms with E-state index in [1.54, 1.807) is 0 Å². The lowest BCUT2D eigenvalue weighted by Crippen LogP contribution is -2.27. The Morgan fingerprint density at radius 1 is 1.24 bits per heavy atom. The van der Waals surface area contributed by atoms with Crippen molar-refractivity contribution >= 4 is 33.6 Å². The highest BCUT2D eigenvalue weighted by atomic mass is 32.2. The van der Waals surface area contributed by atoms with Crippen LogP contribution in [0.4, 0.5) is 11.5 Å². The van der Waals surface area contributed by atoms with Crippen LogP contribution in [0.1, 0.15) is 11.1 Å². The molecule has 4 rings (SSSR count). The summed E-state index contributed by atoms with van der Waals surface area (Å²) in [6, 6.07) is 15.9. The maximum absolute atomic E-state index is 12.6. The molecule has 1 aromatic heterocycles. The molecule has 0 fully saturated rings. The van der Waals surface area contributed by atoms with Crippen LogP contribution in [0, 0.1) is 6.92 Å². The first-order valence-corrected chi connectivity index (χ1v) is 11.0. The van der Waals surface area contributed by atoms with Gasteiger partial charge in [0.15, 0.2) is 4.90 Å². The number of aryl methyl sites for hydroxylation is 1. The Labute approximate surface area is 173 Å². The Morgan fingerprint density at radius 2 is 2.07 bits per heavy atom. The van der Waals surface area contributed by atoms with Crippen molar-refractivity contribution in [2.24, 2.45) is 0 Å². The van der Waals surface area contributed by atoms with Crippen LogP contribution in [0.2, 0.25) is 0 Å². The number of benzene rings is 2. The van der Waals surface area contributed by atoms with Crippen molar-refractivity contribution in [1.29, 1.82) is 0 Å². The Balaban J connectivity index is 1.73. The van der Waals surface area contributed by atoms with Crippen LogP contribution in [0.3, 0.4) is 0 Å². The largest absolute Gasteiger partial charge is 0.611 e. The first-order valence-electron chi connectivity index (χ1n) is 9.70. The van der Waals surface area contributed by atoms with Gasteiger partial charge in [0.05, 0.1) is 24.8 Å². The molecule has 0 bridgehead atoms. The van der Waals surface area contributed by atoms with Crippen molar-refractivity contribution in [3.63, 3.8) is 0 Å². The number of hydrogen-bond donors (Lipinski definition) is 3. The minimum atomic E-state index is -1.02. The zero-order valence-electron chi connectivity index (χ0n) is 16.3. The molecule has 29 heavy (non-hydrogen) atoms. The second-order valence-corrected chi connectivity index (χ2v) is 8.88. The van der Waals surface area contributed by atoms with E-state index in [9.17, 15) is 9.66 Å². The number of aliphatic hydroxyl groups is 2. The number of pyridine rings is 1. The Hall–Kier alpha value is -2.32. The molecule has 0 saturated heterocycles. The summed E-state index contributed by atoms with van der Waals surface area (Å²) in [4.78, 5) is 7.91. The van der Waals surface area contributed by atoms with Gasteiger partial charge in [0.2, 0.25) is 0 Å². The molecule has 2 aromatic carbocycles. The van der Waals surface area contributed by atoms with Gasteiger partial charge in [-0.3, -0.25) is 0 Å². The molecule has 3 N–H and O–H groups in total. The van der Waals surface area contributed by atoms with E-state index in [4.69, 9.17) is 10.1 Å². The average Bonchev–Trinajstić information content (AvgIpc) is 2.91. The van der Waals surface area contributed by atoms with E-state index in [1.807, 2.05) is 49.4 Å². The number of nitrogens with one attached hydrogen (secondary N) is 1. The van der Waals surface area contributed by atoms with Gasteiger partial charge in [-0.05, 0) is 36.3 Å². The summed E-state index contributed by atoms with van der Waals surface area (Å²) in [6.07, 6.45) is -0.834. The third kappa shape index (κ3) is 4.33. The van der Waals surface area contributed by atoms with Crippen LogP contribution in [-0.2, 0) is 17.7 Å². The van der Waals surface area contributed by atoms with E-state index in [0.29, 0.717) is 18.8 Å². The molecule has 0 radical (unpaired) electrons. The Kier molecular flexibility index (Phi) is 5.91. The predicted octanol–water partition coefficient (Wildman–Crippen LogP) is 2.44. The molecule has 6 nitrogen and oxygen atoms in total. The third-order valence-corrected chi connectivity index (χ3v) is 6.58. The number of hydrogen-bond acceptors (Lipinski definition) is 6. The van der Waals surface area contributed by atoms with Gasteiger partial charge in [-0.2, -0.15) is 0 Å². The second kappa shape index (κ2) is 8.59. The summed E-state index contributed by atoms with van der Waals surface area (Å²) in [5.41, 5.74) is 3.89. The molecule has 152 valence electrons. The highest BCUT2D eigenvalue weighted by Crippen LogP contribution is 2.31. The predicted molar refractivity (Wildman–Crippen MR) is 117 cm³/mol. The second-order valence-electron chi connectivity index (χ2n) is 7.34. The summed E-state index contributed by atoms with van der Waals surface area (Å²) in [6.45, 7) is 3.27. The van der Waals surface area contributed by atoms with Gasteiger partial charge in [-0.15, -0.1) is 0 Å². The van der Waals surface area contributed by atoms with E-state index in [1.165, 1.54) is 0 Å². The summed E-state index contributed by atoms with van der Waals surface area (Å²) < 4.78 is 12.6. The molecule has 0 spiro atoms. The fraction of sp³-hybridized carbons (Fsp3) is 0.318. The van der Waals surface area contributed by atoms with Crippen molar-refractivity contribution in [1.82, 2.24) is 4.98 Å². The zero-order valence-corrected chi connectivity index (χ0v) is 17.2. The SMILES string of the molecule is Cc1ccc2nc(N3CC[S+]([O-])c4ccccc4C3)cc(NCC(O)CO)c2c1. The summed E-state index contributed by atoms with van der Waals surface area (Å²) in [5.74, 6) is 1.35. The molecular weight excluding hydrogens is 386 g/mol. The maximum Gasteiger partial charge on any atom is 0.157 e. The third-order valence-electron chi connectivity index (χ3n) is 5.14. The van der Waals surface area contributed by atoms with Crippen molar-refractivity contribution < 1.29 is 14.8 Å². The van der Waals surface area contributed by atoms with Gasteiger partial charge in [-0.25, -0.2) is 4.98 Å². The molecule has 0 saturated carbocycles. The molecule has 2 atom stereocenters. The Morgan fingerprint density at radius 3 is 2.90 bits per heavy atom. The molecule has 0 aliphatic carbocycles. The van der Waals surface area contributed by atoms with Crippen molar-refractivity contribution in [2.75, 3.05) is 35.7 Å². The van der Waals surface area contributed by atoms with Crippen molar-refractivity contribution in [2.45, 2.75) is 24.5 Å². The van der Waals surface area contributed by atoms with Crippen LogP contribution in [0.25, 0.3) is 10.9 Å². The lowest BCUT2D eigenvalue weighted by atomic mass is 10.1. The number of nitrogens with zero attached hydrogens (tertiary/aromatic N) is 2. The van der Waals surface area contributed by atoms with E-state index >= 15 is 0 Å². The first kappa shape index (κ1) is 20.0. The monoisotopic (exact) mass is 411 g/mol. The van der Waals surface area contributed by atoms with Gasteiger partial charge in [0, 0.05) is 35.8 Å². The topological polar surface area (TPSA) is 91.7 Å². The van der Waals surface area contributed by atoms with Crippen molar-refractivity contribution in [3.05, 3.63) is 59.7 Å². The van der Waals surface area contributed by atoms with E-state index in [2.05, 4.69) is 16.3 Å². The molecule has 2 unspecified atom stereocenters. The number of aliphatic hydroxyl groups excluding tert-OH is 2. The summed E-state index contributed by atoms with van der Waals surface area (Å²) in [5, 5.41) is 23.1. The van der Waals surface area contributed by atoms with Crippen LogP contribution in [0.15, 0.2) is 53.4 Å². The van der Waals surface area contributed by atoms with Gasteiger partial charge in [-0.1, -0.05) is 29.8 Å². The zero-order chi connectivity index (χ0) is 20.4. The molecule has 0 amide bonds. The van der Waals surface area contributed by atoms with Gasteiger partial charge in [0.1, 0.15) is 11.6 Å². The standard InChI is InChI=1S/C22H25N3O3S/c1-15-6-7-19-18(10-15)20(23-12-17(27)14-26)11-22(24-19)25-8-9-29(28)21-5-3-2-4-16(21)13-25/h2-7,10-11,17,26-27H,8-9,12-14H2,1H3,(H,23,24). The molecule has 1 aliphatic heterocycles. The number of aromatic nitrogens is 1. The molecular formula is C22H25N3O3S. The molecule has 7 heteroatoms. The quantitative estimate of drug-likeness (QED) is 0.559. The van der Waals surface area contributed by atoms with Crippen LogP contribution >= 0.6 is 0 Å². The van der Waals surface area contributed by atoms with Gasteiger partial charge in [0.25, 0.3) is 0 Å². The fourth-order valence-electron chi connectivity index (χ4n) is 3.57. The first-order chi connectivity index (χ1) is 14.0. The number of anilines is 2.